The predicted octanol–water partition coefficient (Wildman–Crippen LogP) is 2.68. The molecule has 0 aliphatic carbocycles. The van der Waals surface area contributed by atoms with Crippen molar-refractivity contribution in [3.63, 3.8) is 0 Å². The molecule has 0 spiro atoms. The molecule has 6 heteroatoms. The minimum atomic E-state index is -0.0210. The quantitative estimate of drug-likeness (QED) is 0.790. The monoisotopic (exact) mass is 349 g/mol. The van der Waals surface area contributed by atoms with E-state index in [9.17, 15) is 4.79 Å². The first-order chi connectivity index (χ1) is 12.6. The van der Waals surface area contributed by atoms with Gasteiger partial charge < -0.3 is 14.8 Å². The molecule has 1 amide bonds. The highest BCUT2D eigenvalue weighted by molar-refractivity contribution is 5.99. The molecule has 0 bridgehead atoms. The van der Waals surface area contributed by atoms with Crippen LogP contribution in [-0.2, 0) is 7.05 Å². The summed E-state index contributed by atoms with van der Waals surface area (Å²) in [7, 11) is 1.95. The number of aromatic nitrogens is 3. The van der Waals surface area contributed by atoms with E-state index in [0.717, 1.165) is 42.7 Å². The Kier molecular flexibility index (Phi) is 4.32. The summed E-state index contributed by atoms with van der Waals surface area (Å²) in [5.74, 6) is 0.846. The molecule has 1 unspecified atom stereocenters. The van der Waals surface area contributed by atoms with Crippen LogP contribution in [0, 0.1) is 6.92 Å². The van der Waals surface area contributed by atoms with Crippen molar-refractivity contribution in [2.45, 2.75) is 25.8 Å². The number of amides is 1. The zero-order chi connectivity index (χ0) is 18.1. The fourth-order valence-corrected chi connectivity index (χ4v) is 3.67. The van der Waals surface area contributed by atoms with Crippen LogP contribution in [0.25, 0.3) is 10.9 Å². The summed E-state index contributed by atoms with van der Waals surface area (Å²) in [6, 6.07) is 8.33. The molecule has 1 saturated heterocycles. The summed E-state index contributed by atoms with van der Waals surface area (Å²) in [6.07, 6.45) is 7.15. The van der Waals surface area contributed by atoms with Crippen molar-refractivity contribution in [2.24, 2.45) is 7.05 Å². The Hall–Kier alpha value is -2.89. The summed E-state index contributed by atoms with van der Waals surface area (Å²) in [5.41, 5.74) is 2.97. The molecule has 1 N–H and O–H groups in total. The molecule has 6 nitrogen and oxygen atoms in total. The molecule has 0 saturated carbocycles. The summed E-state index contributed by atoms with van der Waals surface area (Å²) < 4.78 is 1.97. The fraction of sp³-hybridized carbons (Fsp3) is 0.350. The molecule has 1 aliphatic rings. The van der Waals surface area contributed by atoms with Gasteiger partial charge in [0.2, 0.25) is 0 Å². The zero-order valence-corrected chi connectivity index (χ0v) is 15.1. The second kappa shape index (κ2) is 6.78. The first-order valence-electron chi connectivity index (χ1n) is 9.00. The molecule has 3 heterocycles. The van der Waals surface area contributed by atoms with E-state index in [-0.39, 0.29) is 11.9 Å². The Morgan fingerprint density at radius 3 is 2.96 bits per heavy atom. The number of fused-ring (bicyclic) bond motifs is 1. The van der Waals surface area contributed by atoms with Gasteiger partial charge in [-0.15, -0.1) is 0 Å². The van der Waals surface area contributed by atoms with Gasteiger partial charge in [-0.2, -0.15) is 0 Å². The molecule has 3 aromatic rings. The van der Waals surface area contributed by atoms with E-state index in [4.69, 9.17) is 0 Å². The SMILES string of the molecule is Cc1ccc2cc(C(=O)NC3CCCN(c4cnccn4)C3)n(C)c2c1. The molecular weight excluding hydrogens is 326 g/mol. The van der Waals surface area contributed by atoms with Gasteiger partial charge >= 0.3 is 0 Å². The lowest BCUT2D eigenvalue weighted by atomic mass is 10.1. The molecule has 1 fully saturated rings. The number of nitrogens with zero attached hydrogens (tertiary/aromatic N) is 4. The van der Waals surface area contributed by atoms with Gasteiger partial charge in [0, 0.05) is 49.5 Å². The summed E-state index contributed by atoms with van der Waals surface area (Å²) >= 11 is 0. The lowest BCUT2D eigenvalue weighted by molar-refractivity contribution is 0.0925. The molecular formula is C20H23N5O. The maximum atomic E-state index is 12.9. The average Bonchev–Trinajstić information content (AvgIpc) is 2.99. The normalized spacial score (nSPS) is 17.5. The molecule has 1 atom stereocenters. The molecule has 134 valence electrons. The van der Waals surface area contributed by atoms with Crippen molar-refractivity contribution in [1.29, 1.82) is 0 Å². The topological polar surface area (TPSA) is 63.1 Å². The van der Waals surface area contributed by atoms with E-state index >= 15 is 0 Å². The molecule has 4 rings (SSSR count). The minimum absolute atomic E-state index is 0.0210. The van der Waals surface area contributed by atoms with Crippen LogP contribution in [0.5, 0.6) is 0 Å². The van der Waals surface area contributed by atoms with E-state index in [1.807, 2.05) is 17.7 Å². The standard InChI is InChI=1S/C20H23N5O/c1-14-5-6-15-11-18(24(2)17(15)10-14)20(26)23-16-4-3-9-25(13-16)19-12-21-7-8-22-19/h5-8,10-12,16H,3-4,9,13H2,1-2H3,(H,23,26). The van der Waals surface area contributed by atoms with E-state index in [1.165, 1.54) is 5.56 Å². The number of hydrogen-bond acceptors (Lipinski definition) is 4. The third-order valence-electron chi connectivity index (χ3n) is 5.06. The van der Waals surface area contributed by atoms with Gasteiger partial charge in [0.1, 0.15) is 11.5 Å². The molecule has 1 aromatic carbocycles. The lowest BCUT2D eigenvalue weighted by Gasteiger charge is -2.33. The van der Waals surface area contributed by atoms with Gasteiger partial charge in [-0.3, -0.25) is 9.78 Å². The Balaban J connectivity index is 1.50. The number of piperidine rings is 1. The highest BCUT2D eigenvalue weighted by Gasteiger charge is 2.24. The van der Waals surface area contributed by atoms with Gasteiger partial charge in [-0.25, -0.2) is 4.98 Å². The van der Waals surface area contributed by atoms with Gasteiger partial charge in [-0.1, -0.05) is 12.1 Å². The smallest absolute Gasteiger partial charge is 0.268 e. The first kappa shape index (κ1) is 16.6. The van der Waals surface area contributed by atoms with Crippen LogP contribution in [0.15, 0.2) is 42.9 Å². The number of rotatable bonds is 3. The molecule has 2 aromatic heterocycles. The Bertz CT molecular complexity index is 934. The van der Waals surface area contributed by atoms with Crippen LogP contribution in [0.3, 0.4) is 0 Å². The Labute approximate surface area is 152 Å². The largest absolute Gasteiger partial charge is 0.353 e. The maximum Gasteiger partial charge on any atom is 0.268 e. The number of benzene rings is 1. The highest BCUT2D eigenvalue weighted by atomic mass is 16.2. The van der Waals surface area contributed by atoms with Crippen molar-refractivity contribution in [2.75, 3.05) is 18.0 Å². The number of anilines is 1. The minimum Gasteiger partial charge on any atom is -0.353 e. The summed E-state index contributed by atoms with van der Waals surface area (Å²) in [5, 5.41) is 4.29. The van der Waals surface area contributed by atoms with Crippen molar-refractivity contribution < 1.29 is 4.79 Å². The third-order valence-corrected chi connectivity index (χ3v) is 5.06. The number of carbonyl (C=O) groups excluding carboxylic acids is 1. The van der Waals surface area contributed by atoms with Crippen molar-refractivity contribution in [3.8, 4) is 0 Å². The molecule has 1 aliphatic heterocycles. The number of aryl methyl sites for hydroxylation is 2. The highest BCUT2D eigenvalue weighted by Crippen LogP contribution is 2.21. The van der Waals surface area contributed by atoms with E-state index in [1.54, 1.807) is 18.6 Å². The van der Waals surface area contributed by atoms with E-state index in [0.29, 0.717) is 5.69 Å². The Morgan fingerprint density at radius 1 is 1.27 bits per heavy atom. The van der Waals surface area contributed by atoms with E-state index in [2.05, 4.69) is 45.3 Å². The van der Waals surface area contributed by atoms with Crippen LogP contribution < -0.4 is 10.2 Å². The van der Waals surface area contributed by atoms with Crippen molar-refractivity contribution in [3.05, 3.63) is 54.1 Å². The second-order valence-corrected chi connectivity index (χ2v) is 6.97. The van der Waals surface area contributed by atoms with Crippen molar-refractivity contribution >= 4 is 22.6 Å². The van der Waals surface area contributed by atoms with Crippen LogP contribution in [0.2, 0.25) is 0 Å². The van der Waals surface area contributed by atoms with Gasteiger partial charge in [-0.05, 0) is 37.5 Å². The summed E-state index contributed by atoms with van der Waals surface area (Å²) in [4.78, 5) is 23.6. The van der Waals surface area contributed by atoms with Gasteiger partial charge in [0.15, 0.2) is 0 Å². The summed E-state index contributed by atoms with van der Waals surface area (Å²) in [6.45, 7) is 3.77. The van der Waals surface area contributed by atoms with Crippen LogP contribution in [-0.4, -0.2) is 39.6 Å². The Morgan fingerprint density at radius 2 is 2.15 bits per heavy atom. The van der Waals surface area contributed by atoms with Gasteiger partial charge in [0.25, 0.3) is 5.91 Å². The van der Waals surface area contributed by atoms with Crippen LogP contribution >= 0.6 is 0 Å². The lowest BCUT2D eigenvalue weighted by Crippen LogP contribution is -2.48. The van der Waals surface area contributed by atoms with Crippen LogP contribution in [0.4, 0.5) is 5.82 Å². The van der Waals surface area contributed by atoms with Gasteiger partial charge in [0.05, 0.1) is 6.20 Å². The molecule has 26 heavy (non-hydrogen) atoms. The predicted molar refractivity (Wildman–Crippen MR) is 102 cm³/mol. The van der Waals surface area contributed by atoms with Crippen molar-refractivity contribution in [1.82, 2.24) is 19.9 Å². The van der Waals surface area contributed by atoms with E-state index < -0.39 is 0 Å². The average molecular weight is 349 g/mol. The number of hydrogen-bond donors (Lipinski definition) is 1. The molecule has 0 radical (unpaired) electrons. The first-order valence-corrected chi connectivity index (χ1v) is 9.00. The second-order valence-electron chi connectivity index (χ2n) is 6.97. The zero-order valence-electron chi connectivity index (χ0n) is 15.1. The number of carbonyl (C=O) groups is 1. The van der Waals surface area contributed by atoms with Crippen LogP contribution in [0.1, 0.15) is 28.9 Å². The number of nitrogens with one attached hydrogen (secondary N) is 1. The fourth-order valence-electron chi connectivity index (χ4n) is 3.67. The maximum absolute atomic E-state index is 12.9. The third kappa shape index (κ3) is 3.14.